The van der Waals surface area contributed by atoms with Crippen LogP contribution in [0.3, 0.4) is 0 Å². The van der Waals surface area contributed by atoms with E-state index in [1.54, 1.807) is 42.5 Å². The molecule has 0 bridgehead atoms. The fourth-order valence-electron chi connectivity index (χ4n) is 3.54. The molecule has 5 amide bonds. The van der Waals surface area contributed by atoms with Gasteiger partial charge in [0.25, 0.3) is 5.91 Å². The highest BCUT2D eigenvalue weighted by molar-refractivity contribution is 6.09. The highest BCUT2D eigenvalue weighted by atomic mass is 35.5. The van der Waals surface area contributed by atoms with E-state index in [0.29, 0.717) is 21.6 Å². The van der Waals surface area contributed by atoms with Crippen LogP contribution in [-0.4, -0.2) is 64.9 Å². The molecule has 0 aliphatic carbocycles. The van der Waals surface area contributed by atoms with Crippen molar-refractivity contribution in [1.29, 1.82) is 5.41 Å². The normalized spacial score (nSPS) is 17.0. The summed E-state index contributed by atoms with van der Waals surface area (Å²) >= 11 is 0. The van der Waals surface area contributed by atoms with Crippen molar-refractivity contribution in [3.8, 4) is 0 Å². The van der Waals surface area contributed by atoms with Crippen LogP contribution >= 0.6 is 12.4 Å². The number of nitrogens with zero attached hydrogens (tertiary/aromatic N) is 1. The highest BCUT2D eigenvalue weighted by Gasteiger charge is 2.49. The van der Waals surface area contributed by atoms with Crippen LogP contribution in [0.1, 0.15) is 23.6 Å². The number of nitrogen functional groups attached to an aromatic ring is 1. The zero-order valence-electron chi connectivity index (χ0n) is 20.2. The predicted molar refractivity (Wildman–Crippen MR) is 136 cm³/mol. The molecule has 1 unspecified atom stereocenters. The standard InChI is InChI=1S/C24H26N6O7.ClH/c1-24(16-9-7-15(8-10-16)19(25)26)21(34)30(22(35)29-24)12-18(31)27-11-17(20(32)33)28-23(36)37-13-14-5-3-2-4-6-14;/h2-10,17H,11-13H2,1H3,(H3,25,26)(H,27,31)(H,28,36)(H,29,35)(H,32,33);1H/t17?,24-;/m0./s1. The maximum absolute atomic E-state index is 13.0. The second-order valence-corrected chi connectivity index (χ2v) is 8.34. The number of hydrogen-bond donors (Lipinski definition) is 6. The van der Waals surface area contributed by atoms with E-state index in [4.69, 9.17) is 15.9 Å². The number of nitrogens with one attached hydrogen (secondary N) is 4. The number of urea groups is 1. The molecule has 1 fully saturated rings. The monoisotopic (exact) mass is 546 g/mol. The summed E-state index contributed by atoms with van der Waals surface area (Å²) in [6, 6.07) is 12.6. The molecule has 3 rings (SSSR count). The van der Waals surface area contributed by atoms with Crippen LogP contribution in [0.25, 0.3) is 0 Å². The van der Waals surface area contributed by atoms with Gasteiger partial charge in [0.05, 0.1) is 0 Å². The summed E-state index contributed by atoms with van der Waals surface area (Å²) in [5, 5.41) is 23.8. The lowest BCUT2D eigenvalue weighted by molar-refractivity contribution is -0.139. The second-order valence-electron chi connectivity index (χ2n) is 8.34. The van der Waals surface area contributed by atoms with Crippen LogP contribution in [0.2, 0.25) is 0 Å². The van der Waals surface area contributed by atoms with Crippen molar-refractivity contribution in [3.05, 3.63) is 71.3 Å². The van der Waals surface area contributed by atoms with Crippen LogP contribution < -0.4 is 21.7 Å². The molecular formula is C24H27ClN6O7. The second kappa shape index (κ2) is 12.5. The molecule has 0 aromatic heterocycles. The summed E-state index contributed by atoms with van der Waals surface area (Å²) in [7, 11) is 0. The Bertz CT molecular complexity index is 1220. The van der Waals surface area contributed by atoms with Crippen LogP contribution in [-0.2, 0) is 31.3 Å². The molecule has 7 N–H and O–H groups in total. The largest absolute Gasteiger partial charge is 0.480 e. The summed E-state index contributed by atoms with van der Waals surface area (Å²) in [5.41, 5.74) is 5.54. The van der Waals surface area contributed by atoms with Crippen molar-refractivity contribution in [1.82, 2.24) is 20.9 Å². The van der Waals surface area contributed by atoms with E-state index in [2.05, 4.69) is 16.0 Å². The van der Waals surface area contributed by atoms with Gasteiger partial charge in [0, 0.05) is 12.1 Å². The molecule has 1 aliphatic heterocycles. The Morgan fingerprint density at radius 1 is 1.13 bits per heavy atom. The highest BCUT2D eigenvalue weighted by Crippen LogP contribution is 2.28. The number of carboxylic acids is 1. The minimum atomic E-state index is -1.51. The number of hydrogen-bond acceptors (Lipinski definition) is 7. The Hall–Kier alpha value is -4.65. The van der Waals surface area contributed by atoms with Crippen molar-refractivity contribution in [2.24, 2.45) is 5.73 Å². The molecule has 0 spiro atoms. The summed E-state index contributed by atoms with van der Waals surface area (Å²) in [4.78, 5) is 62.1. The van der Waals surface area contributed by atoms with Crippen molar-refractivity contribution in [3.63, 3.8) is 0 Å². The quantitative estimate of drug-likeness (QED) is 0.141. The number of alkyl carbamates (subject to hydrolysis) is 1. The Balaban J connectivity index is 0.00000507. The third-order valence-corrected chi connectivity index (χ3v) is 5.66. The van der Waals surface area contributed by atoms with E-state index in [1.807, 2.05) is 0 Å². The Labute approximate surface area is 223 Å². The van der Waals surface area contributed by atoms with Crippen molar-refractivity contribution < 1.29 is 33.8 Å². The first kappa shape index (κ1) is 29.6. The van der Waals surface area contributed by atoms with Gasteiger partial charge in [-0.2, -0.15) is 0 Å². The molecule has 1 heterocycles. The lowest BCUT2D eigenvalue weighted by Gasteiger charge is -2.22. The van der Waals surface area contributed by atoms with Crippen molar-refractivity contribution in [2.75, 3.05) is 13.1 Å². The summed E-state index contributed by atoms with van der Waals surface area (Å²) in [5.74, 6) is -3.09. The smallest absolute Gasteiger partial charge is 0.408 e. The lowest BCUT2D eigenvalue weighted by Crippen LogP contribution is -2.50. The third kappa shape index (κ3) is 6.97. The van der Waals surface area contributed by atoms with Gasteiger partial charge in [0.15, 0.2) is 0 Å². The zero-order valence-corrected chi connectivity index (χ0v) is 21.0. The molecule has 14 heteroatoms. The summed E-state index contributed by atoms with van der Waals surface area (Å²) in [6.45, 7) is 0.214. The maximum Gasteiger partial charge on any atom is 0.408 e. The summed E-state index contributed by atoms with van der Waals surface area (Å²) in [6.07, 6.45) is -0.994. The number of carboxylic acid groups (broad SMARTS) is 1. The SMILES string of the molecule is C[C@@]1(c2ccc(C(=N)N)cc2)NC(=O)N(CC(=O)NCC(NC(=O)OCc2ccccc2)C(=O)O)C1=O.Cl. The molecule has 2 aromatic rings. The van der Waals surface area contributed by atoms with Crippen LogP contribution in [0.15, 0.2) is 54.6 Å². The molecule has 202 valence electrons. The van der Waals surface area contributed by atoms with E-state index in [1.165, 1.54) is 19.1 Å². The molecule has 2 atom stereocenters. The fraction of sp³-hybridized carbons (Fsp3) is 0.250. The number of halogens is 1. The van der Waals surface area contributed by atoms with Gasteiger partial charge in [-0.25, -0.2) is 14.4 Å². The van der Waals surface area contributed by atoms with E-state index < -0.39 is 54.6 Å². The van der Waals surface area contributed by atoms with Crippen LogP contribution in [0.4, 0.5) is 9.59 Å². The molecule has 38 heavy (non-hydrogen) atoms. The van der Waals surface area contributed by atoms with Crippen LogP contribution in [0.5, 0.6) is 0 Å². The predicted octanol–water partition coefficient (Wildman–Crippen LogP) is 0.655. The van der Waals surface area contributed by atoms with E-state index in [9.17, 15) is 29.1 Å². The van der Waals surface area contributed by atoms with Gasteiger partial charge in [0.2, 0.25) is 5.91 Å². The first-order chi connectivity index (χ1) is 17.5. The molecular weight excluding hydrogens is 520 g/mol. The fourth-order valence-corrected chi connectivity index (χ4v) is 3.54. The number of carbonyl (C=O) groups excluding carboxylic acids is 4. The number of rotatable bonds is 10. The number of benzene rings is 2. The number of carbonyl (C=O) groups is 5. The molecule has 13 nitrogen and oxygen atoms in total. The van der Waals surface area contributed by atoms with Gasteiger partial charge in [-0.15, -0.1) is 12.4 Å². The molecule has 1 aliphatic rings. The number of imide groups is 1. The number of aliphatic carboxylic acids is 1. The van der Waals surface area contributed by atoms with Gasteiger partial charge in [-0.05, 0) is 18.1 Å². The Kier molecular flexibility index (Phi) is 9.76. The van der Waals surface area contributed by atoms with E-state index in [0.717, 1.165) is 0 Å². The number of ether oxygens (including phenoxy) is 1. The Morgan fingerprint density at radius 3 is 2.34 bits per heavy atom. The zero-order chi connectivity index (χ0) is 27.2. The first-order valence-electron chi connectivity index (χ1n) is 11.1. The van der Waals surface area contributed by atoms with Crippen molar-refractivity contribution >= 4 is 48.2 Å². The minimum absolute atomic E-state index is 0. The van der Waals surface area contributed by atoms with E-state index in [-0.39, 0.29) is 24.8 Å². The van der Waals surface area contributed by atoms with Gasteiger partial charge >= 0.3 is 18.1 Å². The van der Waals surface area contributed by atoms with Gasteiger partial charge in [-0.3, -0.25) is 19.9 Å². The average Bonchev–Trinajstić information content (AvgIpc) is 3.09. The molecule has 1 saturated heterocycles. The molecule has 0 saturated carbocycles. The van der Waals surface area contributed by atoms with Crippen LogP contribution in [0, 0.1) is 5.41 Å². The average molecular weight is 547 g/mol. The molecule has 2 aromatic carbocycles. The van der Waals surface area contributed by atoms with Gasteiger partial charge < -0.3 is 31.5 Å². The Morgan fingerprint density at radius 2 is 1.76 bits per heavy atom. The van der Waals surface area contributed by atoms with Gasteiger partial charge in [0.1, 0.15) is 30.6 Å². The van der Waals surface area contributed by atoms with Gasteiger partial charge in [-0.1, -0.05) is 54.6 Å². The number of amidine groups is 1. The third-order valence-electron chi connectivity index (χ3n) is 5.66. The minimum Gasteiger partial charge on any atom is -0.480 e. The topological polar surface area (TPSA) is 204 Å². The maximum atomic E-state index is 13.0. The summed E-state index contributed by atoms with van der Waals surface area (Å²) < 4.78 is 4.99. The van der Waals surface area contributed by atoms with Crippen molar-refractivity contribution in [2.45, 2.75) is 25.1 Å². The van der Waals surface area contributed by atoms with E-state index >= 15 is 0 Å². The number of nitrogens with two attached hydrogens (primary N) is 1. The number of amides is 5. The molecule has 0 radical (unpaired) electrons. The first-order valence-corrected chi connectivity index (χ1v) is 11.1. The lowest BCUT2D eigenvalue weighted by atomic mass is 9.91.